The van der Waals surface area contributed by atoms with Crippen molar-refractivity contribution in [2.24, 2.45) is 0 Å². The van der Waals surface area contributed by atoms with Crippen LogP contribution in [0.3, 0.4) is 0 Å². The van der Waals surface area contributed by atoms with E-state index in [2.05, 4.69) is 26.2 Å². The number of hydrogen-bond donors (Lipinski definition) is 1. The van der Waals surface area contributed by atoms with E-state index in [4.69, 9.17) is 20.8 Å². The Bertz CT molecular complexity index is 1500. The number of hydrogen-bond acceptors (Lipinski definition) is 4. The molecule has 0 saturated carbocycles. The largest absolute Gasteiger partial charge is 0.496 e. The second-order valence-electron chi connectivity index (χ2n) is 7.14. The molecule has 0 atom stereocenters. The smallest absolute Gasteiger partial charge is 0.259 e. The van der Waals surface area contributed by atoms with Gasteiger partial charge in [-0.3, -0.25) is 4.79 Å². The Morgan fingerprint density at radius 3 is 2.69 bits per heavy atom. The van der Waals surface area contributed by atoms with E-state index in [1.165, 1.54) is 7.11 Å². The van der Waals surface area contributed by atoms with Gasteiger partial charge in [-0.25, -0.2) is 4.98 Å². The minimum absolute atomic E-state index is 0.282. The first kappa shape index (κ1) is 20.5. The zero-order valence-electron chi connectivity index (χ0n) is 16.9. The number of anilines is 1. The summed E-state index contributed by atoms with van der Waals surface area (Å²) in [6.45, 7) is 0. The molecule has 32 heavy (non-hydrogen) atoms. The fourth-order valence-corrected chi connectivity index (χ4v) is 4.23. The van der Waals surface area contributed by atoms with Crippen LogP contribution in [0, 0.1) is 0 Å². The van der Waals surface area contributed by atoms with Crippen molar-refractivity contribution in [2.75, 3.05) is 12.4 Å². The summed E-state index contributed by atoms with van der Waals surface area (Å²) in [6.07, 6.45) is 0. The average Bonchev–Trinajstić information content (AvgIpc) is 3.22. The highest BCUT2D eigenvalue weighted by Crippen LogP contribution is 2.34. The minimum atomic E-state index is -0.282. The molecule has 0 aliphatic rings. The van der Waals surface area contributed by atoms with E-state index in [1.807, 2.05) is 42.5 Å². The fourth-order valence-electron chi connectivity index (χ4n) is 3.63. The van der Waals surface area contributed by atoms with E-state index in [0.29, 0.717) is 39.0 Å². The van der Waals surface area contributed by atoms with Gasteiger partial charge in [0.15, 0.2) is 5.58 Å². The van der Waals surface area contributed by atoms with Crippen LogP contribution in [0.2, 0.25) is 5.02 Å². The Morgan fingerprint density at radius 2 is 1.84 bits per heavy atom. The molecule has 1 amide bonds. The predicted octanol–water partition coefficient (Wildman–Crippen LogP) is 7.32. The Balaban J connectivity index is 1.50. The topological polar surface area (TPSA) is 64.4 Å². The molecule has 0 aliphatic heterocycles. The highest BCUT2D eigenvalue weighted by atomic mass is 79.9. The number of benzene rings is 4. The van der Waals surface area contributed by atoms with Crippen LogP contribution >= 0.6 is 27.5 Å². The summed E-state index contributed by atoms with van der Waals surface area (Å²) >= 11 is 9.74. The Kier molecular flexibility index (Phi) is 5.33. The van der Waals surface area contributed by atoms with Crippen LogP contribution < -0.4 is 10.1 Å². The lowest BCUT2D eigenvalue weighted by Crippen LogP contribution is -2.13. The molecule has 5 aromatic rings. The normalized spacial score (nSPS) is 11.1. The van der Waals surface area contributed by atoms with Gasteiger partial charge in [0.05, 0.1) is 12.7 Å². The molecule has 1 heterocycles. The summed E-state index contributed by atoms with van der Waals surface area (Å²) in [5.41, 5.74) is 3.14. The van der Waals surface area contributed by atoms with E-state index in [1.54, 1.807) is 30.3 Å². The number of oxazole rings is 1. The second kappa shape index (κ2) is 8.30. The maximum absolute atomic E-state index is 12.8. The molecule has 0 spiro atoms. The van der Waals surface area contributed by atoms with Gasteiger partial charge in [0.25, 0.3) is 5.91 Å². The highest BCUT2D eigenvalue weighted by Gasteiger charge is 2.16. The summed E-state index contributed by atoms with van der Waals surface area (Å²) in [5, 5.41) is 5.47. The first-order valence-electron chi connectivity index (χ1n) is 9.76. The minimum Gasteiger partial charge on any atom is -0.496 e. The average molecular weight is 508 g/mol. The van der Waals surface area contributed by atoms with Crippen LogP contribution in [-0.4, -0.2) is 18.0 Å². The molecule has 5 rings (SSSR count). The SMILES string of the molecule is COc1ccc(Br)cc1C(=O)Nc1ccc2oc(-c3cccc4c(Cl)cccc34)nc2c1. The lowest BCUT2D eigenvalue weighted by molar-refractivity contribution is 0.102. The molecule has 0 aliphatic carbocycles. The Hall–Kier alpha value is -3.35. The van der Waals surface area contributed by atoms with Crippen molar-refractivity contribution >= 4 is 61.0 Å². The van der Waals surface area contributed by atoms with Crippen molar-refractivity contribution in [1.82, 2.24) is 4.98 Å². The number of methoxy groups -OCH3 is 1. The number of nitrogens with one attached hydrogen (secondary N) is 1. The van der Waals surface area contributed by atoms with Crippen LogP contribution in [-0.2, 0) is 0 Å². The lowest BCUT2D eigenvalue weighted by Gasteiger charge is -2.09. The third kappa shape index (κ3) is 3.72. The number of carbonyl (C=O) groups excluding carboxylic acids is 1. The first-order chi connectivity index (χ1) is 15.5. The number of ether oxygens (including phenoxy) is 1. The monoisotopic (exact) mass is 506 g/mol. The van der Waals surface area contributed by atoms with Crippen molar-refractivity contribution in [3.05, 3.63) is 87.9 Å². The first-order valence-corrected chi connectivity index (χ1v) is 10.9. The summed E-state index contributed by atoms with van der Waals surface area (Å²) in [4.78, 5) is 17.5. The number of fused-ring (bicyclic) bond motifs is 2. The van der Waals surface area contributed by atoms with Gasteiger partial charge < -0.3 is 14.5 Å². The standard InChI is InChI=1S/C25H16BrClN2O3/c1-31-22-10-8-14(26)12-19(22)24(30)28-15-9-11-23-21(13-15)29-25(32-23)18-6-2-5-17-16(18)4-3-7-20(17)27/h2-13H,1H3,(H,28,30). The van der Waals surface area contributed by atoms with Crippen molar-refractivity contribution in [3.63, 3.8) is 0 Å². The van der Waals surface area contributed by atoms with Gasteiger partial charge in [-0.1, -0.05) is 51.8 Å². The molecule has 1 aromatic heterocycles. The molecule has 0 saturated heterocycles. The fraction of sp³-hybridized carbons (Fsp3) is 0.0400. The second-order valence-corrected chi connectivity index (χ2v) is 8.46. The van der Waals surface area contributed by atoms with E-state index in [-0.39, 0.29) is 5.91 Å². The van der Waals surface area contributed by atoms with Gasteiger partial charge in [0.1, 0.15) is 11.3 Å². The van der Waals surface area contributed by atoms with Gasteiger partial charge in [-0.05, 0) is 53.9 Å². The molecule has 0 bridgehead atoms. The molecular weight excluding hydrogens is 492 g/mol. The number of carbonyl (C=O) groups is 1. The maximum atomic E-state index is 12.8. The van der Waals surface area contributed by atoms with E-state index in [9.17, 15) is 4.79 Å². The molecule has 1 N–H and O–H groups in total. The van der Waals surface area contributed by atoms with Crippen molar-refractivity contribution < 1.29 is 13.9 Å². The van der Waals surface area contributed by atoms with Crippen molar-refractivity contribution in [1.29, 1.82) is 0 Å². The van der Waals surface area contributed by atoms with Crippen LogP contribution in [0.25, 0.3) is 33.3 Å². The zero-order chi connectivity index (χ0) is 22.2. The van der Waals surface area contributed by atoms with Crippen LogP contribution in [0.1, 0.15) is 10.4 Å². The van der Waals surface area contributed by atoms with E-state index >= 15 is 0 Å². The van der Waals surface area contributed by atoms with E-state index in [0.717, 1.165) is 20.8 Å². The molecular formula is C25H16BrClN2O3. The Labute approximate surface area is 197 Å². The van der Waals surface area contributed by atoms with Gasteiger partial charge in [0.2, 0.25) is 5.89 Å². The summed E-state index contributed by atoms with van der Waals surface area (Å²) in [5.74, 6) is 0.699. The summed E-state index contributed by atoms with van der Waals surface area (Å²) < 4.78 is 12.1. The molecule has 7 heteroatoms. The zero-order valence-corrected chi connectivity index (χ0v) is 19.2. The predicted molar refractivity (Wildman–Crippen MR) is 131 cm³/mol. The van der Waals surface area contributed by atoms with Crippen molar-refractivity contribution in [3.8, 4) is 17.2 Å². The highest BCUT2D eigenvalue weighted by molar-refractivity contribution is 9.10. The lowest BCUT2D eigenvalue weighted by atomic mass is 10.0. The molecule has 0 radical (unpaired) electrons. The number of nitrogens with zero attached hydrogens (tertiary/aromatic N) is 1. The molecule has 0 unspecified atom stereocenters. The van der Waals surface area contributed by atoms with Gasteiger partial charge in [-0.15, -0.1) is 0 Å². The molecule has 4 aromatic carbocycles. The Morgan fingerprint density at radius 1 is 1.03 bits per heavy atom. The molecule has 5 nitrogen and oxygen atoms in total. The number of halogens is 2. The quantitative estimate of drug-likeness (QED) is 0.277. The maximum Gasteiger partial charge on any atom is 0.259 e. The summed E-state index contributed by atoms with van der Waals surface area (Å²) in [7, 11) is 1.53. The van der Waals surface area contributed by atoms with Crippen LogP contribution in [0.15, 0.2) is 81.7 Å². The van der Waals surface area contributed by atoms with Gasteiger partial charge >= 0.3 is 0 Å². The van der Waals surface area contributed by atoms with E-state index < -0.39 is 0 Å². The number of amides is 1. The summed E-state index contributed by atoms with van der Waals surface area (Å²) in [6, 6.07) is 22.2. The molecule has 0 fully saturated rings. The third-order valence-electron chi connectivity index (χ3n) is 5.15. The van der Waals surface area contributed by atoms with Crippen molar-refractivity contribution in [2.45, 2.75) is 0 Å². The van der Waals surface area contributed by atoms with Gasteiger partial charge in [0, 0.05) is 26.1 Å². The number of aromatic nitrogens is 1. The van der Waals surface area contributed by atoms with Crippen LogP contribution in [0.5, 0.6) is 5.75 Å². The molecule has 158 valence electrons. The van der Waals surface area contributed by atoms with Gasteiger partial charge in [-0.2, -0.15) is 0 Å². The number of rotatable bonds is 4. The third-order valence-corrected chi connectivity index (χ3v) is 5.97. The van der Waals surface area contributed by atoms with Crippen LogP contribution in [0.4, 0.5) is 5.69 Å².